The fourth-order valence-electron chi connectivity index (χ4n) is 3.87. The maximum absolute atomic E-state index is 12.3. The lowest BCUT2D eigenvalue weighted by Gasteiger charge is -2.35. The Morgan fingerprint density at radius 2 is 1.91 bits per heavy atom. The molecule has 4 saturated heterocycles. The highest BCUT2D eigenvalue weighted by molar-refractivity contribution is 7.92. The molecule has 0 radical (unpaired) electrons. The summed E-state index contributed by atoms with van der Waals surface area (Å²) in [6.07, 6.45) is -1.76. The first-order valence-corrected chi connectivity index (χ1v) is 9.19. The minimum Gasteiger partial charge on any atom is -0.353 e. The second-order valence-electron chi connectivity index (χ2n) is 6.60. The van der Waals surface area contributed by atoms with Crippen molar-refractivity contribution < 1.29 is 32.2 Å². The van der Waals surface area contributed by atoms with E-state index in [0.29, 0.717) is 6.54 Å². The van der Waals surface area contributed by atoms with Crippen LogP contribution >= 0.6 is 0 Å². The van der Waals surface area contributed by atoms with E-state index in [4.69, 9.17) is 23.8 Å². The van der Waals surface area contributed by atoms with Crippen molar-refractivity contribution in [1.82, 2.24) is 5.06 Å². The Kier molecular flexibility index (Phi) is 3.37. The third kappa shape index (κ3) is 2.15. The van der Waals surface area contributed by atoms with Crippen molar-refractivity contribution in [3.8, 4) is 0 Å². The van der Waals surface area contributed by atoms with E-state index in [0.717, 1.165) is 0 Å². The second kappa shape index (κ2) is 4.85. The van der Waals surface area contributed by atoms with Crippen molar-refractivity contribution in [3.63, 3.8) is 0 Å². The number of sulfone groups is 1. The molecular formula is C13H21NO7S. The molecule has 2 bridgehead atoms. The van der Waals surface area contributed by atoms with Crippen LogP contribution in [0.15, 0.2) is 0 Å². The fourth-order valence-corrected chi connectivity index (χ4v) is 5.59. The molecule has 8 nitrogen and oxygen atoms in total. The first-order valence-electron chi connectivity index (χ1n) is 7.47. The molecular weight excluding hydrogens is 314 g/mol. The van der Waals surface area contributed by atoms with Gasteiger partial charge in [0.25, 0.3) is 0 Å². The molecule has 22 heavy (non-hydrogen) atoms. The molecule has 9 heteroatoms. The van der Waals surface area contributed by atoms with Crippen LogP contribution in [0.3, 0.4) is 0 Å². The number of rotatable bonds is 2. The first-order chi connectivity index (χ1) is 10.3. The van der Waals surface area contributed by atoms with E-state index in [9.17, 15) is 8.42 Å². The smallest absolute Gasteiger partial charge is 0.186 e. The van der Waals surface area contributed by atoms with Crippen molar-refractivity contribution in [1.29, 1.82) is 0 Å². The Balaban J connectivity index is 1.65. The molecule has 4 aliphatic heterocycles. The van der Waals surface area contributed by atoms with Crippen molar-refractivity contribution in [3.05, 3.63) is 0 Å². The quantitative estimate of drug-likeness (QED) is 0.654. The number of hydroxylamine groups is 2. The largest absolute Gasteiger partial charge is 0.353 e. The van der Waals surface area contributed by atoms with E-state index in [1.807, 2.05) is 13.8 Å². The summed E-state index contributed by atoms with van der Waals surface area (Å²) in [4.78, 5) is 5.54. The van der Waals surface area contributed by atoms with Gasteiger partial charge in [-0.2, -0.15) is 5.06 Å². The van der Waals surface area contributed by atoms with Gasteiger partial charge in [-0.25, -0.2) is 8.42 Å². The van der Waals surface area contributed by atoms with Gasteiger partial charge in [0.15, 0.2) is 21.9 Å². The molecule has 7 atom stereocenters. The van der Waals surface area contributed by atoms with Crippen molar-refractivity contribution in [2.24, 2.45) is 0 Å². The van der Waals surface area contributed by atoms with Crippen LogP contribution in [-0.2, 0) is 33.6 Å². The van der Waals surface area contributed by atoms with Gasteiger partial charge in [0.2, 0.25) is 0 Å². The minimum atomic E-state index is -3.18. The standard InChI is InChI=1S/C13H21NO7S/c1-13(2)20-10-9(19-12(17-3)11(10)21-13)8-7-6-18-14(8)4-5-22(7,15)16/h7-12H,4-6H2,1-3H3/t7-,8-,9-,10-,11-,12-/m1/s1. The number of hydrogen-bond donors (Lipinski definition) is 0. The molecule has 0 amide bonds. The summed E-state index contributed by atoms with van der Waals surface area (Å²) in [6.45, 7) is 4.19. The minimum absolute atomic E-state index is 0.117. The molecule has 126 valence electrons. The summed E-state index contributed by atoms with van der Waals surface area (Å²) in [5.74, 6) is -0.623. The van der Waals surface area contributed by atoms with Crippen molar-refractivity contribution in [2.45, 2.75) is 55.5 Å². The zero-order valence-electron chi connectivity index (χ0n) is 12.8. The van der Waals surface area contributed by atoms with Gasteiger partial charge in [-0.15, -0.1) is 0 Å². The fraction of sp³-hybridized carbons (Fsp3) is 1.00. The van der Waals surface area contributed by atoms with Crippen LogP contribution in [0.5, 0.6) is 0 Å². The van der Waals surface area contributed by atoms with Crippen LogP contribution in [0.4, 0.5) is 0 Å². The molecule has 4 fully saturated rings. The molecule has 0 spiro atoms. The number of nitrogens with zero attached hydrogens (tertiary/aromatic N) is 1. The summed E-state index contributed by atoms with van der Waals surface area (Å²) in [5.41, 5.74) is 0. The van der Waals surface area contributed by atoms with E-state index < -0.39 is 33.3 Å². The molecule has 0 N–H and O–H groups in total. The van der Waals surface area contributed by atoms with E-state index in [1.54, 1.807) is 12.2 Å². The van der Waals surface area contributed by atoms with Gasteiger partial charge >= 0.3 is 0 Å². The molecule has 4 aliphatic rings. The summed E-state index contributed by atoms with van der Waals surface area (Å²) >= 11 is 0. The molecule has 1 unspecified atom stereocenters. The average molecular weight is 335 g/mol. The first kappa shape index (κ1) is 15.3. The third-order valence-electron chi connectivity index (χ3n) is 4.79. The van der Waals surface area contributed by atoms with Crippen molar-refractivity contribution in [2.75, 3.05) is 26.0 Å². The number of hydrogen-bond acceptors (Lipinski definition) is 8. The highest BCUT2D eigenvalue weighted by Gasteiger charge is 2.63. The van der Waals surface area contributed by atoms with Crippen molar-refractivity contribution >= 4 is 9.84 Å². The Hall–Kier alpha value is -0.290. The van der Waals surface area contributed by atoms with Crippen LogP contribution in [0.1, 0.15) is 13.8 Å². The highest BCUT2D eigenvalue weighted by atomic mass is 32.2. The van der Waals surface area contributed by atoms with E-state index >= 15 is 0 Å². The molecule has 4 rings (SSSR count). The van der Waals surface area contributed by atoms with E-state index in [-0.39, 0.29) is 30.6 Å². The van der Waals surface area contributed by atoms with Gasteiger partial charge in [-0.05, 0) is 13.8 Å². The normalized spacial score (nSPS) is 51.9. The van der Waals surface area contributed by atoms with Crippen LogP contribution < -0.4 is 0 Å². The number of ether oxygens (including phenoxy) is 4. The Bertz CT molecular complexity index is 565. The lowest BCUT2D eigenvalue weighted by Crippen LogP contribution is -2.56. The average Bonchev–Trinajstić information content (AvgIpc) is 3.03. The van der Waals surface area contributed by atoms with E-state index in [1.165, 1.54) is 0 Å². The Morgan fingerprint density at radius 3 is 2.64 bits per heavy atom. The predicted octanol–water partition coefficient (Wildman–Crippen LogP) is -0.709. The molecule has 0 aromatic heterocycles. The molecule has 0 aromatic rings. The summed E-state index contributed by atoms with van der Waals surface area (Å²) in [5, 5.41) is 1.13. The van der Waals surface area contributed by atoms with Gasteiger partial charge < -0.3 is 18.9 Å². The van der Waals surface area contributed by atoms with Gasteiger partial charge in [0, 0.05) is 13.7 Å². The van der Waals surface area contributed by atoms with Crippen LogP contribution in [0, 0.1) is 0 Å². The molecule has 0 aromatic carbocycles. The zero-order chi connectivity index (χ0) is 15.7. The second-order valence-corrected chi connectivity index (χ2v) is 8.94. The molecule has 4 heterocycles. The van der Waals surface area contributed by atoms with Gasteiger partial charge in [-0.3, -0.25) is 4.84 Å². The maximum Gasteiger partial charge on any atom is 0.186 e. The Labute approximate surface area is 129 Å². The molecule has 0 saturated carbocycles. The van der Waals surface area contributed by atoms with E-state index in [2.05, 4.69) is 0 Å². The lowest BCUT2D eigenvalue weighted by atomic mass is 10.0. The lowest BCUT2D eigenvalue weighted by molar-refractivity contribution is -0.242. The SMILES string of the molecule is CO[C@@H]1O[C@H]([C@H]2[C@H]3CON2CCS3(=O)=O)[C@H]2OC(C)(C)O[C@@H]12. The van der Waals surface area contributed by atoms with Gasteiger partial charge in [-0.1, -0.05) is 0 Å². The summed E-state index contributed by atoms with van der Waals surface area (Å²) < 4.78 is 47.7. The monoisotopic (exact) mass is 335 g/mol. The third-order valence-corrected chi connectivity index (χ3v) is 6.88. The van der Waals surface area contributed by atoms with Gasteiger partial charge in [0.1, 0.15) is 23.6 Å². The molecule has 0 aliphatic carbocycles. The summed E-state index contributed by atoms with van der Waals surface area (Å²) in [6, 6.07) is -0.385. The van der Waals surface area contributed by atoms with Gasteiger partial charge in [0.05, 0.1) is 18.4 Å². The zero-order valence-corrected chi connectivity index (χ0v) is 13.6. The number of methoxy groups -OCH3 is 1. The summed E-state index contributed by atoms with van der Waals surface area (Å²) in [7, 11) is -1.64. The van der Waals surface area contributed by atoms with Crippen LogP contribution in [0.2, 0.25) is 0 Å². The maximum atomic E-state index is 12.3. The topological polar surface area (TPSA) is 83.5 Å². The highest BCUT2D eigenvalue weighted by Crippen LogP contribution is 2.43. The Morgan fingerprint density at radius 1 is 1.18 bits per heavy atom. The van der Waals surface area contributed by atoms with Crippen LogP contribution in [-0.4, -0.2) is 81.2 Å². The number of fused-ring (bicyclic) bond motifs is 3. The van der Waals surface area contributed by atoms with Crippen LogP contribution in [0.25, 0.3) is 0 Å². The predicted molar refractivity (Wildman–Crippen MR) is 73.5 cm³/mol.